The van der Waals surface area contributed by atoms with Crippen molar-refractivity contribution in [1.82, 2.24) is 19.5 Å². The molecule has 0 saturated carbocycles. The Bertz CT molecular complexity index is 1510. The van der Waals surface area contributed by atoms with E-state index in [1.807, 2.05) is 24.6 Å². The van der Waals surface area contributed by atoms with Crippen molar-refractivity contribution < 1.29 is 13.6 Å². The van der Waals surface area contributed by atoms with Gasteiger partial charge in [0.05, 0.1) is 23.3 Å². The fourth-order valence-electron chi connectivity index (χ4n) is 6.80. The van der Waals surface area contributed by atoms with E-state index in [0.717, 1.165) is 76.7 Å². The van der Waals surface area contributed by atoms with Crippen LogP contribution in [0, 0.1) is 0 Å². The van der Waals surface area contributed by atoms with E-state index in [-0.39, 0.29) is 9.52 Å². The summed E-state index contributed by atoms with van der Waals surface area (Å²) in [4.78, 5) is 14.7. The molecule has 3 aromatic heterocycles. The van der Waals surface area contributed by atoms with Crippen molar-refractivity contribution in [3.05, 3.63) is 48.6 Å². The first kappa shape index (κ1) is 35.6. The molecule has 0 aliphatic rings. The predicted octanol–water partition coefficient (Wildman–Crippen LogP) is 9.38. The molecule has 3 heterocycles. The molecule has 0 fully saturated rings. The molecule has 0 atom stereocenters. The highest BCUT2D eigenvalue weighted by Gasteiger charge is 2.44. The summed E-state index contributed by atoms with van der Waals surface area (Å²) < 4.78 is 21.4. The Morgan fingerprint density at radius 3 is 2.38 bits per heavy atom. The maximum Gasteiger partial charge on any atom is 0.200 e. The van der Waals surface area contributed by atoms with Crippen LogP contribution in [0.25, 0.3) is 33.6 Å². The summed E-state index contributed by atoms with van der Waals surface area (Å²) >= 11 is 1.54. The molecule has 246 valence electrons. The Morgan fingerprint density at radius 2 is 1.71 bits per heavy atom. The zero-order valence-corrected chi connectivity index (χ0v) is 32.4. The molecule has 0 amide bonds. The molecular weight excluding hydrogens is 613 g/mol. The van der Waals surface area contributed by atoms with Gasteiger partial charge in [-0.2, -0.15) is 0 Å². The molecule has 0 radical (unpaired) electrons. The lowest BCUT2D eigenvalue weighted by molar-refractivity contribution is 0.0863. The molecule has 45 heavy (non-hydrogen) atoms. The van der Waals surface area contributed by atoms with Gasteiger partial charge < -0.3 is 18.1 Å². The van der Waals surface area contributed by atoms with Crippen LogP contribution in [0.15, 0.2) is 52.4 Å². The molecule has 4 aromatic rings. The Labute approximate surface area is 278 Å². The van der Waals surface area contributed by atoms with Crippen LogP contribution in [0.3, 0.4) is 0 Å². The van der Waals surface area contributed by atoms with Gasteiger partial charge in [-0.25, -0.2) is 15.0 Å². The first-order chi connectivity index (χ1) is 21.4. The number of aryl methyl sites for hydroxylation is 1. The van der Waals surface area contributed by atoms with Crippen LogP contribution in [0.2, 0.25) is 27.7 Å². The Morgan fingerprint density at radius 1 is 0.978 bits per heavy atom. The van der Waals surface area contributed by atoms with Gasteiger partial charge in [0.1, 0.15) is 18.1 Å². The van der Waals surface area contributed by atoms with Crippen molar-refractivity contribution in [2.24, 2.45) is 0 Å². The van der Waals surface area contributed by atoms with Crippen LogP contribution < -0.4 is 0 Å². The highest BCUT2D eigenvalue weighted by Crippen LogP contribution is 2.42. The van der Waals surface area contributed by atoms with E-state index in [2.05, 4.69) is 90.1 Å². The van der Waals surface area contributed by atoms with E-state index in [1.165, 1.54) is 0 Å². The zero-order valence-electron chi connectivity index (χ0n) is 29.1. The van der Waals surface area contributed by atoms with Crippen LogP contribution in [-0.2, 0) is 22.3 Å². The molecule has 0 unspecified atom stereocenters. The number of hydrogen-bond acceptors (Lipinski definition) is 7. The van der Waals surface area contributed by atoms with Gasteiger partial charge in [0.25, 0.3) is 0 Å². The van der Waals surface area contributed by atoms with Gasteiger partial charge in [-0.05, 0) is 58.6 Å². The number of hydrogen-bond donors (Lipinski definition) is 0. The van der Waals surface area contributed by atoms with E-state index >= 15 is 0 Å². The smallest absolute Gasteiger partial charge is 0.200 e. The maximum atomic E-state index is 6.94. The Kier molecular flexibility index (Phi) is 12.3. The second-order valence-electron chi connectivity index (χ2n) is 14.2. The Balaban J connectivity index is 1.71. The van der Waals surface area contributed by atoms with Gasteiger partial charge in [-0.15, -0.1) is 0 Å². The van der Waals surface area contributed by atoms with Crippen LogP contribution in [0.5, 0.6) is 0 Å². The van der Waals surface area contributed by atoms with Gasteiger partial charge in [0.15, 0.2) is 13.5 Å². The average Bonchev–Trinajstić information content (AvgIpc) is 3.60. The summed E-state index contributed by atoms with van der Waals surface area (Å²) in [6.07, 6.45) is 7.26. The summed E-state index contributed by atoms with van der Waals surface area (Å²) in [5.74, 6) is 0.992. The first-order valence-corrected chi connectivity index (χ1v) is 21.6. The zero-order chi connectivity index (χ0) is 32.8. The number of thioether (sulfide) groups is 1. The quantitative estimate of drug-likeness (QED) is 0.0510. The van der Waals surface area contributed by atoms with Crippen molar-refractivity contribution in [1.29, 1.82) is 0 Å². The second kappa shape index (κ2) is 15.6. The normalized spacial score (nSPS) is 13.1. The molecule has 0 aliphatic carbocycles. The number of fused-ring (bicyclic) bond motifs is 1. The fraction of sp³-hybridized carbons (Fsp3) is 0.571. The highest BCUT2D eigenvalue weighted by atomic mass is 32.2. The lowest BCUT2D eigenvalue weighted by Gasteiger charge is -2.42. The highest BCUT2D eigenvalue weighted by molar-refractivity contribution is 7.98. The molecular formula is C35H54N4O3SSi2. The van der Waals surface area contributed by atoms with E-state index in [1.54, 1.807) is 18.0 Å². The SMILES string of the molecule is CSc1nccc(-c2c(-c3ccc4ccoc4c3)nc(CCCO[Si](C(C)C)(C(C)C)C(C)C)n2COCC[SiH2]C(C)(C)C)n1. The molecule has 7 nitrogen and oxygen atoms in total. The van der Waals surface area contributed by atoms with Gasteiger partial charge in [0.2, 0.25) is 0 Å². The van der Waals surface area contributed by atoms with E-state index in [0.29, 0.717) is 28.4 Å². The van der Waals surface area contributed by atoms with E-state index in [9.17, 15) is 0 Å². The van der Waals surface area contributed by atoms with Gasteiger partial charge in [-0.3, -0.25) is 0 Å². The maximum absolute atomic E-state index is 6.94. The minimum atomic E-state index is -1.94. The minimum Gasteiger partial charge on any atom is -0.464 e. The van der Waals surface area contributed by atoms with Crippen molar-refractivity contribution in [2.45, 2.75) is 115 Å². The number of aromatic nitrogens is 4. The summed E-state index contributed by atoms with van der Waals surface area (Å²) in [6, 6.07) is 11.4. The predicted molar refractivity (Wildman–Crippen MR) is 195 cm³/mol. The lowest BCUT2D eigenvalue weighted by Crippen LogP contribution is -2.48. The van der Waals surface area contributed by atoms with Crippen LogP contribution >= 0.6 is 11.8 Å². The van der Waals surface area contributed by atoms with Crippen LogP contribution in [-0.4, -0.2) is 56.8 Å². The molecule has 10 heteroatoms. The number of furan rings is 1. The van der Waals surface area contributed by atoms with Crippen LogP contribution in [0.1, 0.15) is 74.6 Å². The third-order valence-electron chi connectivity index (χ3n) is 8.87. The number of nitrogens with zero attached hydrogens (tertiary/aromatic N) is 4. The standard InChI is InChI=1S/C35H54N4O3SSi2/c1-24(2)45(25(3)4,26(5)6)42-18-11-12-31-38-32(28-14-13-27-16-19-41-30(27)22-28)33(29-15-17-36-34(37-29)43-10)39(31)23-40-20-21-44-35(7,8)9/h13-17,19,22,24-26H,11-12,18,20-21,23,44H2,1-10H3. The lowest BCUT2D eigenvalue weighted by atomic mass is 10.1. The van der Waals surface area contributed by atoms with Crippen molar-refractivity contribution in [2.75, 3.05) is 19.5 Å². The van der Waals surface area contributed by atoms with Crippen molar-refractivity contribution in [3.8, 4) is 22.6 Å². The van der Waals surface area contributed by atoms with Crippen molar-refractivity contribution in [3.63, 3.8) is 0 Å². The third-order valence-corrected chi connectivity index (χ3v) is 17.7. The summed E-state index contributed by atoms with van der Waals surface area (Å²) in [5.41, 5.74) is 6.20. The minimum absolute atomic E-state index is 0.227. The van der Waals surface area contributed by atoms with Gasteiger partial charge >= 0.3 is 0 Å². The summed E-state index contributed by atoms with van der Waals surface area (Å²) in [7, 11) is -2.17. The number of benzene rings is 1. The third kappa shape index (κ3) is 8.57. The summed E-state index contributed by atoms with van der Waals surface area (Å²) in [5, 5.41) is 2.22. The van der Waals surface area contributed by atoms with E-state index < -0.39 is 8.32 Å². The van der Waals surface area contributed by atoms with E-state index in [4.69, 9.17) is 23.5 Å². The molecule has 0 spiro atoms. The van der Waals surface area contributed by atoms with Gasteiger partial charge in [0, 0.05) is 46.3 Å². The molecule has 0 aliphatic heterocycles. The first-order valence-electron chi connectivity index (χ1n) is 16.5. The Hall–Kier alpha value is -2.25. The molecule has 0 bridgehead atoms. The topological polar surface area (TPSA) is 75.2 Å². The molecule has 0 N–H and O–H groups in total. The molecule has 0 saturated heterocycles. The van der Waals surface area contributed by atoms with Crippen LogP contribution in [0.4, 0.5) is 0 Å². The molecule has 1 aromatic carbocycles. The number of imidazole rings is 1. The van der Waals surface area contributed by atoms with Crippen molar-refractivity contribution >= 4 is 40.6 Å². The fourth-order valence-corrected chi connectivity index (χ4v) is 14.1. The second-order valence-corrected chi connectivity index (χ2v) is 23.8. The summed E-state index contributed by atoms with van der Waals surface area (Å²) in [6.45, 7) is 23.0. The number of rotatable bonds is 16. The average molecular weight is 667 g/mol. The molecule has 4 rings (SSSR count). The van der Waals surface area contributed by atoms with Gasteiger partial charge in [-0.1, -0.05) is 86.2 Å². The largest absolute Gasteiger partial charge is 0.464 e. The monoisotopic (exact) mass is 666 g/mol. The number of ether oxygens (including phenoxy) is 1.